The first-order valence-electron chi connectivity index (χ1n) is 10.9. The summed E-state index contributed by atoms with van der Waals surface area (Å²) in [5.74, 6) is -1.74. The number of unbranched alkanes of at least 4 members (excludes halogenated alkanes) is 2. The van der Waals surface area contributed by atoms with Crippen LogP contribution in [-0.4, -0.2) is 81.2 Å². The molecule has 0 aliphatic rings. The highest BCUT2D eigenvalue weighted by molar-refractivity contribution is 6.00. The summed E-state index contributed by atoms with van der Waals surface area (Å²) in [5.41, 5.74) is 1.02. The van der Waals surface area contributed by atoms with Gasteiger partial charge in [0.2, 0.25) is 12.2 Å². The van der Waals surface area contributed by atoms with E-state index < -0.39 is 11.9 Å². The Morgan fingerprint density at radius 3 is 1.22 bits per heavy atom. The molecule has 198 valence electrons. The van der Waals surface area contributed by atoms with Crippen molar-refractivity contribution in [3.05, 3.63) is 36.4 Å². The van der Waals surface area contributed by atoms with E-state index in [1.54, 1.807) is 36.4 Å². The van der Waals surface area contributed by atoms with Crippen molar-refractivity contribution in [2.45, 2.75) is 38.5 Å². The van der Waals surface area contributed by atoms with Crippen molar-refractivity contribution in [2.24, 2.45) is 9.98 Å². The van der Waals surface area contributed by atoms with Gasteiger partial charge in [0.25, 0.3) is 0 Å². The summed E-state index contributed by atoms with van der Waals surface area (Å²) in [5, 5.41) is 49.2. The predicted octanol–water partition coefficient (Wildman–Crippen LogP) is 2.21. The van der Waals surface area contributed by atoms with Crippen LogP contribution in [-0.2, 0) is 19.2 Å². The second-order valence-electron chi connectivity index (χ2n) is 6.65. The average Bonchev–Trinajstić information content (AvgIpc) is 2.87. The molecule has 0 heterocycles. The van der Waals surface area contributed by atoms with Gasteiger partial charge in [-0.1, -0.05) is 24.3 Å². The van der Waals surface area contributed by atoms with E-state index in [0.717, 1.165) is 23.6 Å². The van der Waals surface area contributed by atoms with Gasteiger partial charge in [-0.15, -0.1) is 0 Å². The molecule has 0 saturated carbocycles. The van der Waals surface area contributed by atoms with Crippen LogP contribution in [0.4, 0.5) is 11.4 Å². The zero-order valence-electron chi connectivity index (χ0n) is 19.7. The van der Waals surface area contributed by atoms with Crippen LogP contribution in [0.1, 0.15) is 38.5 Å². The van der Waals surface area contributed by atoms with Crippen LogP contribution in [0.25, 0.3) is 10.8 Å². The normalized spacial score (nSPS) is 9.00. The van der Waals surface area contributed by atoms with E-state index in [0.29, 0.717) is 24.2 Å². The lowest BCUT2D eigenvalue weighted by molar-refractivity contribution is -0.139. The fraction of sp³-hybridized carbons (Fsp3) is 0.417. The fourth-order valence-corrected chi connectivity index (χ4v) is 2.35. The van der Waals surface area contributed by atoms with Crippen molar-refractivity contribution < 1.29 is 49.8 Å². The number of nitrogens with zero attached hydrogens (tertiary/aromatic N) is 2. The first-order chi connectivity index (χ1) is 17.3. The Morgan fingerprint density at radius 2 is 0.972 bits per heavy atom. The summed E-state index contributed by atoms with van der Waals surface area (Å²) < 4.78 is 0. The second kappa shape index (κ2) is 24.4. The number of carboxylic acids is 2. The second-order valence-corrected chi connectivity index (χ2v) is 6.65. The molecule has 0 atom stereocenters. The lowest BCUT2D eigenvalue weighted by Gasteiger charge is -2.02. The minimum Gasteiger partial charge on any atom is -0.481 e. The number of aliphatic imine (C=N–C) groups is 2. The summed E-state index contributed by atoms with van der Waals surface area (Å²) in [7, 11) is 0. The molecule has 0 bridgehead atoms. The van der Waals surface area contributed by atoms with Crippen LogP contribution in [0.2, 0.25) is 0 Å². The van der Waals surface area contributed by atoms with Gasteiger partial charge in [0, 0.05) is 36.8 Å². The highest BCUT2D eigenvalue weighted by Gasteiger charge is 2.03. The number of isocyanates is 2. The number of carboxylic acid groups (broad SMARTS) is 2. The Morgan fingerprint density at radius 1 is 0.611 bits per heavy atom. The molecule has 12 nitrogen and oxygen atoms in total. The smallest absolute Gasteiger partial charge is 0.303 e. The lowest BCUT2D eigenvalue weighted by atomic mass is 10.1. The summed E-state index contributed by atoms with van der Waals surface area (Å²) >= 11 is 0. The minimum atomic E-state index is -0.870. The molecule has 2 rings (SSSR count). The highest BCUT2D eigenvalue weighted by Crippen LogP contribution is 2.31. The van der Waals surface area contributed by atoms with E-state index >= 15 is 0 Å². The maximum atomic E-state index is 10.3. The average molecular weight is 509 g/mol. The predicted molar refractivity (Wildman–Crippen MR) is 131 cm³/mol. The quantitative estimate of drug-likeness (QED) is 0.148. The van der Waals surface area contributed by atoms with E-state index in [-0.39, 0.29) is 39.3 Å². The number of fused-ring (bicyclic) bond motifs is 1. The molecule has 0 amide bonds. The Kier molecular flexibility index (Phi) is 23.3. The van der Waals surface area contributed by atoms with Crippen LogP contribution in [0.5, 0.6) is 0 Å². The molecule has 0 radical (unpaired) electrons. The molecule has 12 heteroatoms. The summed E-state index contributed by atoms with van der Waals surface area (Å²) in [6.07, 6.45) is 5.44. The van der Waals surface area contributed by atoms with Crippen molar-refractivity contribution >= 4 is 46.2 Å². The fourth-order valence-electron chi connectivity index (χ4n) is 2.35. The maximum Gasteiger partial charge on any atom is 0.303 e. The monoisotopic (exact) mass is 508 g/mol. The standard InChI is InChI=1S/C12H6N2O2.C6H10O4.C4H10O2.C2H6O2/c15-7-13-11-5-1-3-9-10(11)4-2-6-12(9)14-8-16;7-5(8)3-1-2-4-6(9)10;5-3-1-2-4-6;3-1-2-4/h1-6H;1-4H2,(H,7,8)(H,9,10);5-6H,1-4H2;3-4H,1-2H2. The molecule has 6 N–H and O–H groups in total. The zero-order chi connectivity index (χ0) is 27.6. The number of aliphatic hydroxyl groups excluding tert-OH is 4. The molecular formula is C24H32N2O10. The number of aliphatic carboxylic acids is 2. The third-order valence-electron chi connectivity index (χ3n) is 3.91. The van der Waals surface area contributed by atoms with Gasteiger partial charge in [0.1, 0.15) is 0 Å². The molecule has 0 aliphatic carbocycles. The number of carbonyl (C=O) groups is 2. The molecule has 36 heavy (non-hydrogen) atoms. The molecule has 0 saturated heterocycles. The molecule has 0 fully saturated rings. The Bertz CT molecular complexity index is 905. The lowest BCUT2D eigenvalue weighted by Crippen LogP contribution is -1.97. The first-order valence-corrected chi connectivity index (χ1v) is 10.9. The number of aliphatic hydroxyl groups is 4. The summed E-state index contributed by atoms with van der Waals surface area (Å²) in [6.45, 7) is 0.140. The van der Waals surface area contributed by atoms with Gasteiger partial charge in [0.15, 0.2) is 0 Å². The van der Waals surface area contributed by atoms with Crippen molar-refractivity contribution in [2.75, 3.05) is 26.4 Å². The number of carbonyl (C=O) groups excluding carboxylic acids is 2. The van der Waals surface area contributed by atoms with Gasteiger partial charge in [0.05, 0.1) is 24.6 Å². The minimum absolute atomic E-state index is 0.0628. The van der Waals surface area contributed by atoms with E-state index in [9.17, 15) is 19.2 Å². The van der Waals surface area contributed by atoms with Gasteiger partial charge in [-0.2, -0.15) is 9.98 Å². The topological polar surface area (TPSA) is 214 Å². The maximum absolute atomic E-state index is 10.3. The third kappa shape index (κ3) is 18.6. The summed E-state index contributed by atoms with van der Waals surface area (Å²) in [6, 6.07) is 10.5. The Hall–Kier alpha value is -3.76. The van der Waals surface area contributed by atoms with E-state index in [1.807, 2.05) is 0 Å². The highest BCUT2D eigenvalue weighted by atomic mass is 16.4. The molecule has 2 aromatic carbocycles. The third-order valence-corrected chi connectivity index (χ3v) is 3.91. The number of hydrogen-bond acceptors (Lipinski definition) is 10. The van der Waals surface area contributed by atoms with Gasteiger partial charge in [-0.05, 0) is 37.8 Å². The molecule has 0 unspecified atom stereocenters. The summed E-state index contributed by atoms with van der Waals surface area (Å²) in [4.78, 5) is 47.5. The molecule has 2 aromatic rings. The molecule has 0 aliphatic heterocycles. The number of benzene rings is 2. The number of hydrogen-bond donors (Lipinski definition) is 6. The van der Waals surface area contributed by atoms with Crippen LogP contribution in [0, 0.1) is 0 Å². The van der Waals surface area contributed by atoms with Crippen LogP contribution in [0.3, 0.4) is 0 Å². The Labute approximate surface area is 207 Å². The Balaban J connectivity index is 0. The van der Waals surface area contributed by atoms with Gasteiger partial charge in [-0.25, -0.2) is 9.59 Å². The van der Waals surface area contributed by atoms with E-state index in [1.165, 1.54) is 12.2 Å². The first kappa shape index (κ1) is 34.4. The van der Waals surface area contributed by atoms with E-state index in [4.69, 9.17) is 30.6 Å². The van der Waals surface area contributed by atoms with E-state index in [2.05, 4.69) is 9.98 Å². The van der Waals surface area contributed by atoms with Crippen molar-refractivity contribution in [3.63, 3.8) is 0 Å². The van der Waals surface area contributed by atoms with Crippen LogP contribution in [0.15, 0.2) is 46.4 Å². The van der Waals surface area contributed by atoms with Crippen LogP contribution >= 0.6 is 0 Å². The zero-order valence-corrected chi connectivity index (χ0v) is 19.7. The van der Waals surface area contributed by atoms with Crippen molar-refractivity contribution in [1.29, 1.82) is 0 Å². The van der Waals surface area contributed by atoms with Gasteiger partial charge < -0.3 is 30.6 Å². The van der Waals surface area contributed by atoms with Gasteiger partial charge >= 0.3 is 11.9 Å². The van der Waals surface area contributed by atoms with Crippen molar-refractivity contribution in [3.8, 4) is 0 Å². The molecular weight excluding hydrogens is 476 g/mol. The largest absolute Gasteiger partial charge is 0.481 e. The molecule has 0 spiro atoms. The SMILES string of the molecule is O=C(O)CCCCC(=O)O.O=C=Nc1cccc2c(N=C=O)cccc12.OCCCCO.OCCO. The molecule has 0 aromatic heterocycles. The van der Waals surface area contributed by atoms with Crippen molar-refractivity contribution in [1.82, 2.24) is 0 Å². The van der Waals surface area contributed by atoms with Crippen LogP contribution < -0.4 is 0 Å². The van der Waals surface area contributed by atoms with Gasteiger partial charge in [-0.3, -0.25) is 9.59 Å². The number of rotatable bonds is 11.